The highest BCUT2D eigenvalue weighted by atomic mass is 16.5. The van der Waals surface area contributed by atoms with Crippen molar-refractivity contribution in [3.63, 3.8) is 0 Å². The molecular weight excluding hydrogens is 376 g/mol. The SMILES string of the molecule is CC(CNCc1ccccc1)c1cc(OCc2ccccc2)cc2c1OCC(=O)N2. The van der Waals surface area contributed by atoms with E-state index in [1.807, 2.05) is 60.7 Å². The average Bonchev–Trinajstić information content (AvgIpc) is 2.78. The number of benzene rings is 3. The molecule has 0 aromatic heterocycles. The van der Waals surface area contributed by atoms with Gasteiger partial charge in [-0.25, -0.2) is 0 Å². The number of carbonyl (C=O) groups excluding carboxylic acids is 1. The molecule has 0 radical (unpaired) electrons. The first-order valence-corrected chi connectivity index (χ1v) is 10.2. The Morgan fingerprint density at radius 2 is 1.73 bits per heavy atom. The second-order valence-electron chi connectivity index (χ2n) is 7.52. The van der Waals surface area contributed by atoms with Gasteiger partial charge in [-0.2, -0.15) is 0 Å². The van der Waals surface area contributed by atoms with Crippen molar-refractivity contribution in [2.45, 2.75) is 26.0 Å². The summed E-state index contributed by atoms with van der Waals surface area (Å²) in [5, 5.41) is 6.42. The van der Waals surface area contributed by atoms with Crippen LogP contribution in [0.25, 0.3) is 0 Å². The zero-order valence-corrected chi connectivity index (χ0v) is 17.1. The standard InChI is InChI=1S/C25H26N2O3/c1-18(14-26-15-19-8-4-2-5-9-19)22-12-21(29-16-20-10-6-3-7-11-20)13-23-25(22)30-17-24(28)27-23/h2-13,18,26H,14-17H2,1H3,(H,27,28). The lowest BCUT2D eigenvalue weighted by Crippen LogP contribution is -2.27. The van der Waals surface area contributed by atoms with Crippen LogP contribution in [0.15, 0.2) is 72.8 Å². The van der Waals surface area contributed by atoms with Crippen molar-refractivity contribution < 1.29 is 14.3 Å². The molecule has 0 bridgehead atoms. The molecule has 0 saturated carbocycles. The second-order valence-corrected chi connectivity index (χ2v) is 7.52. The molecule has 5 heteroatoms. The number of amides is 1. The van der Waals surface area contributed by atoms with Gasteiger partial charge < -0.3 is 20.1 Å². The van der Waals surface area contributed by atoms with Crippen molar-refractivity contribution in [2.75, 3.05) is 18.5 Å². The molecule has 3 aromatic rings. The molecule has 3 aromatic carbocycles. The molecule has 30 heavy (non-hydrogen) atoms. The van der Waals surface area contributed by atoms with Crippen molar-refractivity contribution in [3.05, 3.63) is 89.5 Å². The Kier molecular flexibility index (Phi) is 6.30. The molecule has 2 N–H and O–H groups in total. The lowest BCUT2D eigenvalue weighted by atomic mass is 9.98. The van der Waals surface area contributed by atoms with E-state index in [-0.39, 0.29) is 18.4 Å². The van der Waals surface area contributed by atoms with Gasteiger partial charge in [0.1, 0.15) is 18.1 Å². The largest absolute Gasteiger partial charge is 0.489 e. The predicted molar refractivity (Wildman–Crippen MR) is 118 cm³/mol. The molecule has 1 amide bonds. The maximum absolute atomic E-state index is 11.8. The number of nitrogens with one attached hydrogen (secondary N) is 2. The van der Waals surface area contributed by atoms with Crippen LogP contribution in [-0.2, 0) is 17.9 Å². The summed E-state index contributed by atoms with van der Waals surface area (Å²) in [5.41, 5.74) is 4.03. The molecule has 1 aliphatic rings. The monoisotopic (exact) mass is 402 g/mol. The summed E-state index contributed by atoms with van der Waals surface area (Å²) >= 11 is 0. The van der Waals surface area contributed by atoms with Gasteiger partial charge in [-0.05, 0) is 23.1 Å². The van der Waals surface area contributed by atoms with Crippen molar-refractivity contribution in [3.8, 4) is 11.5 Å². The zero-order valence-electron chi connectivity index (χ0n) is 17.1. The smallest absolute Gasteiger partial charge is 0.262 e. The van der Waals surface area contributed by atoms with E-state index >= 15 is 0 Å². The van der Waals surface area contributed by atoms with Crippen molar-refractivity contribution >= 4 is 11.6 Å². The molecule has 0 aliphatic carbocycles. The number of carbonyl (C=O) groups is 1. The van der Waals surface area contributed by atoms with Crippen molar-refractivity contribution in [2.24, 2.45) is 0 Å². The summed E-state index contributed by atoms with van der Waals surface area (Å²) < 4.78 is 11.8. The number of rotatable bonds is 8. The van der Waals surface area contributed by atoms with Gasteiger partial charge in [0, 0.05) is 24.7 Å². The van der Waals surface area contributed by atoms with E-state index in [4.69, 9.17) is 9.47 Å². The van der Waals surface area contributed by atoms with Crippen LogP contribution in [0.2, 0.25) is 0 Å². The van der Waals surface area contributed by atoms with E-state index in [0.717, 1.165) is 30.0 Å². The van der Waals surface area contributed by atoms with Crippen molar-refractivity contribution in [1.82, 2.24) is 5.32 Å². The van der Waals surface area contributed by atoms with E-state index in [1.165, 1.54) is 5.56 Å². The van der Waals surface area contributed by atoms with Gasteiger partial charge in [0.15, 0.2) is 6.61 Å². The number of fused-ring (bicyclic) bond motifs is 1. The quantitative estimate of drug-likeness (QED) is 0.583. The normalized spacial score (nSPS) is 13.7. The van der Waals surface area contributed by atoms with Crippen LogP contribution in [0.3, 0.4) is 0 Å². The van der Waals surface area contributed by atoms with Crippen LogP contribution >= 0.6 is 0 Å². The van der Waals surface area contributed by atoms with Gasteiger partial charge in [-0.3, -0.25) is 4.79 Å². The topological polar surface area (TPSA) is 59.6 Å². The third-order valence-electron chi connectivity index (χ3n) is 5.11. The zero-order chi connectivity index (χ0) is 20.8. The highest BCUT2D eigenvalue weighted by Gasteiger charge is 2.23. The van der Waals surface area contributed by atoms with Crippen LogP contribution in [0.4, 0.5) is 5.69 Å². The number of anilines is 1. The Morgan fingerprint density at radius 3 is 2.47 bits per heavy atom. The van der Waals surface area contributed by atoms with E-state index < -0.39 is 0 Å². The van der Waals surface area contributed by atoms with Gasteiger partial charge in [0.2, 0.25) is 0 Å². The fraction of sp³-hybridized carbons (Fsp3) is 0.240. The maximum atomic E-state index is 11.8. The Morgan fingerprint density at radius 1 is 1.03 bits per heavy atom. The summed E-state index contributed by atoms with van der Waals surface area (Å²) in [4.78, 5) is 11.8. The van der Waals surface area contributed by atoms with E-state index in [1.54, 1.807) is 0 Å². The van der Waals surface area contributed by atoms with Crippen LogP contribution in [0, 0.1) is 0 Å². The number of hydrogen-bond donors (Lipinski definition) is 2. The van der Waals surface area contributed by atoms with Crippen LogP contribution in [-0.4, -0.2) is 19.1 Å². The first-order valence-electron chi connectivity index (χ1n) is 10.2. The molecule has 154 valence electrons. The summed E-state index contributed by atoms with van der Waals surface area (Å²) in [6, 6.07) is 24.2. The van der Waals surface area contributed by atoms with Gasteiger partial charge in [0.25, 0.3) is 5.91 Å². The maximum Gasteiger partial charge on any atom is 0.262 e. The fourth-order valence-electron chi connectivity index (χ4n) is 3.53. The Hall–Kier alpha value is -3.31. The van der Waals surface area contributed by atoms with Gasteiger partial charge in [-0.15, -0.1) is 0 Å². The molecular formula is C25H26N2O3. The van der Waals surface area contributed by atoms with Crippen molar-refractivity contribution in [1.29, 1.82) is 0 Å². The number of ether oxygens (including phenoxy) is 2. The number of hydrogen-bond acceptors (Lipinski definition) is 4. The van der Waals surface area contributed by atoms with E-state index in [9.17, 15) is 4.79 Å². The minimum absolute atomic E-state index is 0.0361. The Labute approximate surface area is 177 Å². The molecule has 0 saturated heterocycles. The summed E-state index contributed by atoms with van der Waals surface area (Å²) in [6.07, 6.45) is 0. The highest BCUT2D eigenvalue weighted by molar-refractivity contribution is 5.96. The van der Waals surface area contributed by atoms with Crippen LogP contribution < -0.4 is 20.1 Å². The molecule has 0 spiro atoms. The third-order valence-corrected chi connectivity index (χ3v) is 5.11. The summed E-state index contributed by atoms with van der Waals surface area (Å²) in [6.45, 7) is 4.23. The predicted octanol–water partition coefficient (Wildman–Crippen LogP) is 4.49. The molecule has 1 unspecified atom stereocenters. The molecule has 1 atom stereocenters. The van der Waals surface area contributed by atoms with Gasteiger partial charge in [0.05, 0.1) is 5.69 Å². The lowest BCUT2D eigenvalue weighted by Gasteiger charge is -2.25. The summed E-state index contributed by atoms with van der Waals surface area (Å²) in [7, 11) is 0. The van der Waals surface area contributed by atoms with Gasteiger partial charge in [-0.1, -0.05) is 67.6 Å². The molecule has 1 heterocycles. The average molecular weight is 402 g/mol. The molecule has 0 fully saturated rings. The first kappa shape index (κ1) is 20.0. The van der Waals surface area contributed by atoms with E-state index in [0.29, 0.717) is 18.0 Å². The Bertz CT molecular complexity index is 990. The van der Waals surface area contributed by atoms with Crippen LogP contribution in [0.1, 0.15) is 29.5 Å². The van der Waals surface area contributed by atoms with E-state index in [2.05, 4.69) is 29.7 Å². The lowest BCUT2D eigenvalue weighted by molar-refractivity contribution is -0.118. The summed E-state index contributed by atoms with van der Waals surface area (Å²) in [5.74, 6) is 1.48. The molecule has 5 nitrogen and oxygen atoms in total. The first-order chi connectivity index (χ1) is 14.7. The second kappa shape index (κ2) is 9.46. The minimum atomic E-state index is -0.150. The minimum Gasteiger partial charge on any atom is -0.489 e. The molecule has 1 aliphatic heterocycles. The van der Waals surface area contributed by atoms with Gasteiger partial charge >= 0.3 is 0 Å². The van der Waals surface area contributed by atoms with Crippen LogP contribution in [0.5, 0.6) is 11.5 Å². The third kappa shape index (κ3) is 4.99. The Balaban J connectivity index is 1.49. The fourth-order valence-corrected chi connectivity index (χ4v) is 3.53. The highest BCUT2D eigenvalue weighted by Crippen LogP contribution is 2.39. The molecule has 4 rings (SSSR count).